The number of nitrogens with zero attached hydrogens (tertiary/aromatic N) is 1. The summed E-state index contributed by atoms with van der Waals surface area (Å²) < 4.78 is 5.59. The molecule has 18 heavy (non-hydrogen) atoms. The lowest BCUT2D eigenvalue weighted by atomic mass is 10.1. The van der Waals surface area contributed by atoms with E-state index in [-0.39, 0.29) is 0 Å². The van der Waals surface area contributed by atoms with Crippen molar-refractivity contribution in [3.05, 3.63) is 54.2 Å². The van der Waals surface area contributed by atoms with Crippen molar-refractivity contribution in [3.63, 3.8) is 0 Å². The zero-order valence-electron chi connectivity index (χ0n) is 9.76. The highest BCUT2D eigenvalue weighted by atomic mass is 16.5. The SMILES string of the molecule is C1=Cc2nc3c(ccc4ccccc43)cc2OC1. The highest BCUT2D eigenvalue weighted by Gasteiger charge is 2.10. The Labute approximate surface area is 105 Å². The van der Waals surface area contributed by atoms with Gasteiger partial charge in [0.25, 0.3) is 0 Å². The third-order valence-electron chi connectivity index (χ3n) is 3.31. The van der Waals surface area contributed by atoms with Crippen LogP contribution in [0.25, 0.3) is 27.8 Å². The molecule has 0 fully saturated rings. The van der Waals surface area contributed by atoms with Gasteiger partial charge in [-0.2, -0.15) is 0 Å². The van der Waals surface area contributed by atoms with Gasteiger partial charge in [0.15, 0.2) is 0 Å². The molecular weight excluding hydrogens is 222 g/mol. The summed E-state index contributed by atoms with van der Waals surface area (Å²) in [5, 5.41) is 3.54. The van der Waals surface area contributed by atoms with Gasteiger partial charge in [-0.1, -0.05) is 36.4 Å². The van der Waals surface area contributed by atoms with Crippen LogP contribution >= 0.6 is 0 Å². The van der Waals surface area contributed by atoms with E-state index >= 15 is 0 Å². The zero-order chi connectivity index (χ0) is 11.9. The maximum atomic E-state index is 5.59. The van der Waals surface area contributed by atoms with E-state index in [9.17, 15) is 0 Å². The van der Waals surface area contributed by atoms with Crippen LogP contribution in [0.2, 0.25) is 0 Å². The Hall–Kier alpha value is -2.35. The summed E-state index contributed by atoms with van der Waals surface area (Å²) in [7, 11) is 0. The fourth-order valence-electron chi connectivity index (χ4n) is 2.44. The molecule has 0 radical (unpaired) electrons. The molecule has 2 heteroatoms. The van der Waals surface area contributed by atoms with Crippen LogP contribution in [0.1, 0.15) is 5.69 Å². The van der Waals surface area contributed by atoms with Gasteiger partial charge < -0.3 is 4.74 Å². The third-order valence-corrected chi connectivity index (χ3v) is 3.31. The first kappa shape index (κ1) is 9.66. The fraction of sp³-hybridized carbons (Fsp3) is 0.0625. The minimum absolute atomic E-state index is 0.633. The summed E-state index contributed by atoms with van der Waals surface area (Å²) in [6, 6.07) is 14.6. The Balaban J connectivity index is 2.16. The number of aromatic nitrogens is 1. The maximum absolute atomic E-state index is 5.59. The monoisotopic (exact) mass is 233 g/mol. The van der Waals surface area contributed by atoms with Gasteiger partial charge in [0.05, 0.1) is 5.52 Å². The summed E-state index contributed by atoms with van der Waals surface area (Å²) in [5.74, 6) is 0.875. The fourth-order valence-corrected chi connectivity index (χ4v) is 2.44. The van der Waals surface area contributed by atoms with Gasteiger partial charge in [0, 0.05) is 10.8 Å². The van der Waals surface area contributed by atoms with Crippen LogP contribution in [-0.2, 0) is 0 Å². The van der Waals surface area contributed by atoms with Crippen LogP contribution in [0.3, 0.4) is 0 Å². The molecule has 0 saturated heterocycles. The second-order valence-electron chi connectivity index (χ2n) is 4.44. The van der Waals surface area contributed by atoms with Crippen LogP contribution in [0, 0.1) is 0 Å². The number of fused-ring (bicyclic) bond motifs is 4. The summed E-state index contributed by atoms with van der Waals surface area (Å²) in [6.07, 6.45) is 4.02. The molecule has 86 valence electrons. The first-order valence-corrected chi connectivity index (χ1v) is 6.04. The van der Waals surface area contributed by atoms with Crippen LogP contribution in [0.15, 0.2) is 48.5 Å². The highest BCUT2D eigenvalue weighted by Crippen LogP contribution is 2.30. The normalized spacial score (nSPS) is 13.6. The number of pyridine rings is 1. The molecule has 0 spiro atoms. The number of rotatable bonds is 0. The van der Waals surface area contributed by atoms with Gasteiger partial charge in [0.2, 0.25) is 0 Å². The van der Waals surface area contributed by atoms with E-state index in [0.29, 0.717) is 6.61 Å². The highest BCUT2D eigenvalue weighted by molar-refractivity contribution is 6.05. The Bertz CT molecular complexity index is 790. The van der Waals surface area contributed by atoms with E-state index in [1.54, 1.807) is 0 Å². The number of hydrogen-bond donors (Lipinski definition) is 0. The molecule has 0 N–H and O–H groups in total. The lowest BCUT2D eigenvalue weighted by molar-refractivity contribution is 0.357. The molecule has 0 unspecified atom stereocenters. The zero-order valence-corrected chi connectivity index (χ0v) is 9.76. The first-order valence-electron chi connectivity index (χ1n) is 6.04. The first-order chi connectivity index (χ1) is 8.92. The maximum Gasteiger partial charge on any atom is 0.146 e. The van der Waals surface area contributed by atoms with Gasteiger partial charge in [-0.3, -0.25) is 0 Å². The second-order valence-corrected chi connectivity index (χ2v) is 4.44. The number of hydrogen-bond acceptors (Lipinski definition) is 2. The molecule has 2 nitrogen and oxygen atoms in total. The van der Waals surface area contributed by atoms with Gasteiger partial charge in [-0.05, 0) is 23.6 Å². The smallest absolute Gasteiger partial charge is 0.146 e. The Kier molecular flexibility index (Phi) is 1.92. The van der Waals surface area contributed by atoms with Crippen LogP contribution in [0.4, 0.5) is 0 Å². The molecule has 0 bridgehead atoms. The van der Waals surface area contributed by atoms with Gasteiger partial charge in [-0.15, -0.1) is 0 Å². The van der Waals surface area contributed by atoms with E-state index < -0.39 is 0 Å². The molecule has 0 amide bonds. The van der Waals surface area contributed by atoms with Crippen molar-refractivity contribution >= 4 is 27.8 Å². The molecule has 1 aliphatic heterocycles. The summed E-state index contributed by atoms with van der Waals surface area (Å²) in [4.78, 5) is 4.73. The number of benzene rings is 2. The molecule has 4 rings (SSSR count). The van der Waals surface area contributed by atoms with Crippen molar-refractivity contribution in [2.45, 2.75) is 0 Å². The van der Waals surface area contributed by atoms with Crippen molar-refractivity contribution in [2.24, 2.45) is 0 Å². The van der Waals surface area contributed by atoms with Crippen molar-refractivity contribution in [3.8, 4) is 5.75 Å². The lowest BCUT2D eigenvalue weighted by Crippen LogP contribution is -2.02. The molecule has 2 heterocycles. The van der Waals surface area contributed by atoms with E-state index in [1.807, 2.05) is 12.2 Å². The molecule has 3 aromatic rings. The average molecular weight is 233 g/mol. The Morgan fingerprint density at radius 3 is 2.89 bits per heavy atom. The molecule has 1 aliphatic rings. The Morgan fingerprint density at radius 1 is 1.00 bits per heavy atom. The third kappa shape index (κ3) is 1.32. The van der Waals surface area contributed by atoms with E-state index in [2.05, 4.69) is 42.5 Å². The van der Waals surface area contributed by atoms with E-state index in [4.69, 9.17) is 9.72 Å². The van der Waals surface area contributed by atoms with Crippen molar-refractivity contribution < 1.29 is 4.74 Å². The molecule has 1 aromatic heterocycles. The van der Waals surface area contributed by atoms with E-state index in [0.717, 1.165) is 22.3 Å². The van der Waals surface area contributed by atoms with Gasteiger partial charge in [0.1, 0.15) is 18.1 Å². The van der Waals surface area contributed by atoms with Crippen molar-refractivity contribution in [2.75, 3.05) is 6.61 Å². The van der Waals surface area contributed by atoms with Gasteiger partial charge in [-0.25, -0.2) is 4.98 Å². The molecular formula is C16H11NO. The number of ether oxygens (including phenoxy) is 1. The van der Waals surface area contributed by atoms with Gasteiger partial charge >= 0.3 is 0 Å². The summed E-state index contributed by atoms with van der Waals surface area (Å²) in [5.41, 5.74) is 1.96. The molecule has 0 atom stereocenters. The summed E-state index contributed by atoms with van der Waals surface area (Å²) >= 11 is 0. The molecule has 2 aromatic carbocycles. The quantitative estimate of drug-likeness (QED) is 0.551. The topological polar surface area (TPSA) is 22.1 Å². The minimum atomic E-state index is 0.633. The lowest BCUT2D eigenvalue weighted by Gasteiger charge is -2.13. The van der Waals surface area contributed by atoms with Crippen LogP contribution < -0.4 is 4.74 Å². The minimum Gasteiger partial charge on any atom is -0.487 e. The second kappa shape index (κ2) is 3.57. The molecule has 0 aliphatic carbocycles. The average Bonchev–Trinajstić information content (AvgIpc) is 2.45. The predicted octanol–water partition coefficient (Wildman–Crippen LogP) is 3.79. The predicted molar refractivity (Wildman–Crippen MR) is 73.8 cm³/mol. The van der Waals surface area contributed by atoms with Crippen LogP contribution in [0.5, 0.6) is 5.75 Å². The standard InChI is InChI=1S/C16H11NO/c1-2-5-13-11(4-1)7-8-12-10-15-14(17-16(12)13)6-3-9-18-15/h1-8,10H,9H2. The van der Waals surface area contributed by atoms with Crippen molar-refractivity contribution in [1.82, 2.24) is 4.98 Å². The van der Waals surface area contributed by atoms with Crippen molar-refractivity contribution in [1.29, 1.82) is 0 Å². The largest absolute Gasteiger partial charge is 0.487 e. The Morgan fingerprint density at radius 2 is 1.89 bits per heavy atom. The van der Waals surface area contributed by atoms with E-state index in [1.165, 1.54) is 10.8 Å². The summed E-state index contributed by atoms with van der Waals surface area (Å²) in [6.45, 7) is 0.633. The molecule has 0 saturated carbocycles. The van der Waals surface area contributed by atoms with Crippen LogP contribution in [-0.4, -0.2) is 11.6 Å².